The van der Waals surface area contributed by atoms with Crippen molar-refractivity contribution in [2.75, 3.05) is 0 Å². The van der Waals surface area contributed by atoms with Gasteiger partial charge in [-0.15, -0.1) is 0 Å². The molecule has 0 aliphatic heterocycles. The summed E-state index contributed by atoms with van der Waals surface area (Å²) in [5.74, 6) is 4.81. The van der Waals surface area contributed by atoms with E-state index in [4.69, 9.17) is 11.6 Å². The number of allylic oxidation sites excluding steroid dienone is 1. The lowest BCUT2D eigenvalue weighted by Crippen LogP contribution is -2.54. The van der Waals surface area contributed by atoms with E-state index in [1.165, 1.54) is 5.57 Å². The zero-order valence-electron chi connectivity index (χ0n) is 14.8. The fraction of sp³-hybridized carbons (Fsp3) is 0.810. The third-order valence-corrected chi connectivity index (χ3v) is 8.58. The molecule has 0 radical (unpaired) electrons. The zero-order valence-corrected chi connectivity index (χ0v) is 15.6. The molecule has 0 heterocycles. The first-order valence-corrected chi connectivity index (χ1v) is 9.95. The van der Waals surface area contributed by atoms with Crippen molar-refractivity contribution in [1.82, 2.24) is 0 Å². The van der Waals surface area contributed by atoms with Gasteiger partial charge in [-0.3, -0.25) is 0 Å². The average molecular weight is 349 g/mol. The highest BCUT2D eigenvalue weighted by Gasteiger charge is 2.63. The van der Waals surface area contributed by atoms with E-state index in [-0.39, 0.29) is 16.9 Å². The fourth-order valence-electron chi connectivity index (χ4n) is 6.94. The molecular formula is C21H29ClO2. The highest BCUT2D eigenvalue weighted by Crippen LogP contribution is 2.67. The number of aliphatic hydroxyl groups is 2. The number of hydrogen-bond donors (Lipinski definition) is 2. The van der Waals surface area contributed by atoms with Crippen LogP contribution in [0, 0.1) is 39.9 Å². The van der Waals surface area contributed by atoms with E-state index in [1.807, 2.05) is 0 Å². The highest BCUT2D eigenvalue weighted by atomic mass is 35.5. The van der Waals surface area contributed by atoms with Crippen LogP contribution in [0.4, 0.5) is 0 Å². The molecule has 4 rings (SSSR count). The second kappa shape index (κ2) is 5.50. The summed E-state index contributed by atoms with van der Waals surface area (Å²) in [6.07, 6.45) is 10.3. The van der Waals surface area contributed by atoms with Crippen molar-refractivity contribution in [1.29, 1.82) is 0 Å². The monoisotopic (exact) mass is 348 g/mol. The maximum Gasteiger partial charge on any atom is 0.132 e. The van der Waals surface area contributed by atoms with Gasteiger partial charge in [0.25, 0.3) is 0 Å². The Kier molecular flexibility index (Phi) is 3.89. The van der Waals surface area contributed by atoms with Crippen molar-refractivity contribution < 1.29 is 10.2 Å². The summed E-state index contributed by atoms with van der Waals surface area (Å²) in [5, 5.41) is 23.7. The van der Waals surface area contributed by atoms with E-state index < -0.39 is 5.60 Å². The van der Waals surface area contributed by atoms with Crippen LogP contribution in [-0.2, 0) is 0 Å². The van der Waals surface area contributed by atoms with Crippen LogP contribution in [-0.4, -0.2) is 21.9 Å². The van der Waals surface area contributed by atoms with E-state index >= 15 is 0 Å². The first-order chi connectivity index (χ1) is 11.3. The molecule has 3 heteroatoms. The van der Waals surface area contributed by atoms with E-state index in [0.717, 1.165) is 51.4 Å². The normalized spacial score (nSPS) is 53.1. The summed E-state index contributed by atoms with van der Waals surface area (Å²) >= 11 is 5.67. The van der Waals surface area contributed by atoms with Crippen LogP contribution < -0.4 is 0 Å². The molecule has 3 fully saturated rings. The van der Waals surface area contributed by atoms with E-state index in [2.05, 4.69) is 31.2 Å². The first kappa shape index (κ1) is 17.0. The van der Waals surface area contributed by atoms with Gasteiger partial charge in [0.2, 0.25) is 0 Å². The molecular weight excluding hydrogens is 320 g/mol. The van der Waals surface area contributed by atoms with Crippen LogP contribution in [0.25, 0.3) is 0 Å². The summed E-state index contributed by atoms with van der Waals surface area (Å²) in [7, 11) is 0. The van der Waals surface area contributed by atoms with Crippen LogP contribution in [0.3, 0.4) is 0 Å². The summed E-state index contributed by atoms with van der Waals surface area (Å²) < 4.78 is 0. The van der Waals surface area contributed by atoms with Gasteiger partial charge in [-0.1, -0.05) is 31.4 Å². The Hall–Kier alpha value is -0.490. The van der Waals surface area contributed by atoms with Crippen molar-refractivity contribution in [2.45, 2.75) is 76.9 Å². The Bertz CT molecular complexity index is 631. The number of aliphatic hydroxyl groups excluding tert-OH is 1. The van der Waals surface area contributed by atoms with Crippen LogP contribution in [0.2, 0.25) is 0 Å². The van der Waals surface area contributed by atoms with Gasteiger partial charge in [-0.2, -0.15) is 0 Å². The molecule has 0 aromatic rings. The van der Waals surface area contributed by atoms with Gasteiger partial charge in [0, 0.05) is 10.8 Å². The predicted octanol–water partition coefficient (Wildman–Crippen LogP) is 4.24. The molecule has 0 aromatic heterocycles. The van der Waals surface area contributed by atoms with Gasteiger partial charge in [-0.25, -0.2) is 0 Å². The standard InChI is InChI=1S/C21H29ClO2/c1-19-8-5-15(23)13-14(19)3-4-16-17(19)6-9-20(2)18(16)7-10-21(20,24)11-12-22/h3,15-18,23-24H,4-10,13H2,1-2H3/t15-,16-,17+,18+,19+,20+,21-/m1/s1. The Morgan fingerprint density at radius 3 is 2.62 bits per heavy atom. The second-order valence-electron chi connectivity index (χ2n) is 9.23. The van der Waals surface area contributed by atoms with Gasteiger partial charge >= 0.3 is 0 Å². The molecule has 24 heavy (non-hydrogen) atoms. The lowest BCUT2D eigenvalue weighted by atomic mass is 9.47. The molecule has 4 aliphatic rings. The third kappa shape index (κ3) is 2.11. The summed E-state index contributed by atoms with van der Waals surface area (Å²) in [6.45, 7) is 4.68. The summed E-state index contributed by atoms with van der Waals surface area (Å²) in [4.78, 5) is 0. The van der Waals surface area contributed by atoms with Crippen molar-refractivity contribution in [2.24, 2.45) is 28.6 Å². The van der Waals surface area contributed by atoms with Gasteiger partial charge < -0.3 is 10.2 Å². The number of halogens is 1. The molecule has 3 saturated carbocycles. The molecule has 0 aromatic carbocycles. The van der Waals surface area contributed by atoms with Crippen molar-refractivity contribution >= 4 is 11.6 Å². The minimum atomic E-state index is -0.919. The molecule has 0 amide bonds. The summed E-state index contributed by atoms with van der Waals surface area (Å²) in [6, 6.07) is 0. The van der Waals surface area contributed by atoms with Crippen LogP contribution in [0.5, 0.6) is 0 Å². The van der Waals surface area contributed by atoms with E-state index in [9.17, 15) is 10.2 Å². The maximum atomic E-state index is 11.2. The third-order valence-electron chi connectivity index (χ3n) is 8.48. The maximum absolute atomic E-state index is 11.2. The van der Waals surface area contributed by atoms with Gasteiger partial charge in [-0.05, 0) is 86.1 Å². The zero-order chi connectivity index (χ0) is 17.2. The number of hydrogen-bond acceptors (Lipinski definition) is 2. The largest absolute Gasteiger partial charge is 0.393 e. The van der Waals surface area contributed by atoms with Gasteiger partial charge in [0.15, 0.2) is 0 Å². The Morgan fingerprint density at radius 2 is 1.88 bits per heavy atom. The van der Waals surface area contributed by atoms with Crippen LogP contribution in [0.1, 0.15) is 65.2 Å². The van der Waals surface area contributed by atoms with Crippen molar-refractivity contribution in [3.63, 3.8) is 0 Å². The predicted molar refractivity (Wildman–Crippen MR) is 96.3 cm³/mol. The molecule has 0 spiro atoms. The highest BCUT2D eigenvalue weighted by molar-refractivity contribution is 6.30. The van der Waals surface area contributed by atoms with Gasteiger partial charge in [0.05, 0.1) is 6.10 Å². The van der Waals surface area contributed by atoms with Gasteiger partial charge in [0.1, 0.15) is 5.60 Å². The number of fused-ring (bicyclic) bond motifs is 5. The SMILES string of the molecule is C[C@]12CC[C@@H](O)CC1=CC[C@@H]1[C@@H]2CC[C@@]2(C)[C@H]1CC[C@@]2(O)C#CCl. The molecule has 0 saturated heterocycles. The molecule has 0 unspecified atom stereocenters. The topological polar surface area (TPSA) is 40.5 Å². The lowest BCUT2D eigenvalue weighted by molar-refractivity contribution is -0.0970. The molecule has 7 atom stereocenters. The lowest BCUT2D eigenvalue weighted by Gasteiger charge is -2.58. The molecule has 4 aliphatic carbocycles. The van der Waals surface area contributed by atoms with Crippen molar-refractivity contribution in [3.05, 3.63) is 11.6 Å². The Morgan fingerprint density at radius 1 is 1.12 bits per heavy atom. The minimum Gasteiger partial charge on any atom is -0.393 e. The van der Waals surface area contributed by atoms with E-state index in [0.29, 0.717) is 17.8 Å². The van der Waals surface area contributed by atoms with Crippen molar-refractivity contribution in [3.8, 4) is 11.3 Å². The molecule has 0 bridgehead atoms. The quantitative estimate of drug-likeness (QED) is 0.507. The minimum absolute atomic E-state index is 0.133. The molecule has 2 nitrogen and oxygen atoms in total. The van der Waals surface area contributed by atoms with Crippen LogP contribution in [0.15, 0.2) is 11.6 Å². The fourth-order valence-corrected chi connectivity index (χ4v) is 7.10. The smallest absolute Gasteiger partial charge is 0.132 e. The Labute approximate surface area is 150 Å². The number of rotatable bonds is 0. The van der Waals surface area contributed by atoms with Crippen LogP contribution >= 0.6 is 11.6 Å². The second-order valence-corrected chi connectivity index (χ2v) is 9.42. The molecule has 2 N–H and O–H groups in total. The Balaban J connectivity index is 1.69. The first-order valence-electron chi connectivity index (χ1n) is 9.57. The summed E-state index contributed by atoms with van der Waals surface area (Å²) in [5.41, 5.74) is 0.701. The molecule has 132 valence electrons. The average Bonchev–Trinajstić information content (AvgIpc) is 2.80. The van der Waals surface area contributed by atoms with E-state index in [1.54, 1.807) is 0 Å².